The van der Waals surface area contributed by atoms with E-state index in [0.717, 1.165) is 54.1 Å². The highest BCUT2D eigenvalue weighted by molar-refractivity contribution is 6.34. The van der Waals surface area contributed by atoms with E-state index in [4.69, 9.17) is 32.7 Å². The van der Waals surface area contributed by atoms with E-state index in [1.807, 2.05) is 6.07 Å². The first-order valence-corrected chi connectivity index (χ1v) is 23.0. The normalized spacial score (nSPS) is 17.5. The van der Waals surface area contributed by atoms with Gasteiger partial charge in [0.25, 0.3) is 23.3 Å². The van der Waals surface area contributed by atoms with Gasteiger partial charge in [0.2, 0.25) is 0 Å². The van der Waals surface area contributed by atoms with Gasteiger partial charge in [-0.1, -0.05) is 81.2 Å². The van der Waals surface area contributed by atoms with E-state index in [0.29, 0.717) is 58.9 Å². The first kappa shape index (κ1) is 55.6. The van der Waals surface area contributed by atoms with Crippen molar-refractivity contribution in [1.82, 2.24) is 20.0 Å². The van der Waals surface area contributed by atoms with Crippen LogP contribution < -0.4 is 14.8 Å². The molecule has 5 rings (SSSR count). The van der Waals surface area contributed by atoms with E-state index in [1.54, 1.807) is 58.5 Å². The zero-order valence-electron chi connectivity index (χ0n) is 38.9. The zero-order valence-corrected chi connectivity index (χ0v) is 41.3. The Labute approximate surface area is 399 Å². The van der Waals surface area contributed by atoms with Crippen molar-refractivity contribution in [2.45, 2.75) is 78.0 Å². The van der Waals surface area contributed by atoms with Crippen LogP contribution in [0.4, 0.5) is 13.2 Å². The van der Waals surface area contributed by atoms with Gasteiger partial charge in [0, 0.05) is 46.8 Å². The van der Waals surface area contributed by atoms with Gasteiger partial charge in [0.15, 0.2) is 0 Å². The fourth-order valence-electron chi connectivity index (χ4n) is 8.67. The third-order valence-corrected chi connectivity index (χ3v) is 13.1. The number of nitrogens with zero attached hydrogens (tertiary/aromatic N) is 3. The van der Waals surface area contributed by atoms with Crippen molar-refractivity contribution < 1.29 is 42.1 Å². The summed E-state index contributed by atoms with van der Waals surface area (Å²) in [6, 6.07) is 16.8. The largest absolute Gasteiger partial charge is 0.493 e. The number of nitrogens with one attached hydrogen (secondary N) is 1. The van der Waals surface area contributed by atoms with Crippen molar-refractivity contribution in [2.75, 3.05) is 67.6 Å². The van der Waals surface area contributed by atoms with Crippen LogP contribution in [0, 0.1) is 35.5 Å². The number of amides is 3. The first-order valence-electron chi connectivity index (χ1n) is 22.3. The summed E-state index contributed by atoms with van der Waals surface area (Å²) in [4.78, 5) is 41.2. The second-order valence-electron chi connectivity index (χ2n) is 18.2. The second kappa shape index (κ2) is 25.4. The molecule has 0 aromatic heterocycles. The number of rotatable bonds is 16. The number of alkyl halides is 3. The second-order valence-corrected chi connectivity index (χ2v) is 19.0. The fraction of sp³-hybridized carbons (Fsp3) is 0.571. The van der Waals surface area contributed by atoms with Crippen molar-refractivity contribution in [3.63, 3.8) is 0 Å². The summed E-state index contributed by atoms with van der Waals surface area (Å²) < 4.78 is 53.5. The molecule has 2 fully saturated rings. The van der Waals surface area contributed by atoms with Crippen LogP contribution in [0.2, 0.25) is 10.0 Å². The lowest BCUT2D eigenvalue weighted by molar-refractivity contribution is -0.262. The average Bonchev–Trinajstić information content (AvgIpc) is 3.27. The van der Waals surface area contributed by atoms with Gasteiger partial charge in [0.05, 0.1) is 34.4 Å². The quantitative estimate of drug-likeness (QED) is 0.147. The molecule has 0 saturated carbocycles. The van der Waals surface area contributed by atoms with Crippen LogP contribution in [-0.2, 0) is 10.4 Å². The van der Waals surface area contributed by atoms with E-state index < -0.39 is 23.2 Å². The molecule has 3 amide bonds. The Hall–Kier alpha value is -3.75. The van der Waals surface area contributed by atoms with Crippen LogP contribution in [0.1, 0.15) is 92.5 Å². The zero-order chi connectivity index (χ0) is 47.4. The Morgan fingerprint density at radius 3 is 1.52 bits per heavy atom. The molecule has 4 unspecified atom stereocenters. The molecule has 10 nitrogen and oxygen atoms in total. The van der Waals surface area contributed by atoms with Crippen molar-refractivity contribution in [3.8, 4) is 11.5 Å². The minimum Gasteiger partial charge on any atom is -0.493 e. The molecular formula is C49H68Cl3F3N4O6. The van der Waals surface area contributed by atoms with Gasteiger partial charge in [-0.2, -0.15) is 13.2 Å². The fourth-order valence-corrected chi connectivity index (χ4v) is 9.17. The predicted molar refractivity (Wildman–Crippen MR) is 254 cm³/mol. The van der Waals surface area contributed by atoms with E-state index in [1.165, 1.54) is 47.3 Å². The SMILES string of the molecule is CC(COc1ccc(C(=O)N(C)C)c(Cl)c1)CC(C)C1CCN(C(=O)[C@](O)(c2ccccc2)C(F)(F)F)CC1.CC(COc1ccc(C(=O)N(C)C)c(Cl)c1)CC(C)C1CCNCC1.Cl. The smallest absolute Gasteiger partial charge is 0.430 e. The van der Waals surface area contributed by atoms with Crippen LogP contribution in [0.3, 0.4) is 0 Å². The number of aliphatic hydroxyl groups is 1. The number of carbonyl (C=O) groups excluding carboxylic acids is 3. The standard InChI is InChI=1S/C29H36ClF3N2O4.C20H31ClN2O2.ClH/c1-19(18-39-23-10-11-24(25(30)17-23)26(36)34(3)4)16-20(2)21-12-14-35(15-13-21)27(37)28(38,29(31,32)33)22-8-6-5-7-9-22;1-14(11-15(2)16-7-9-22-10-8-16)13-25-17-5-6-18(19(21)12-17)20(24)23(3)4;/h5-11,17,19-21,38H,12-16,18H2,1-4H3;5-6,12,14-16,22H,7-11,13H2,1-4H3;1H/t19?,20?,28-;;/m1../s1. The van der Waals surface area contributed by atoms with Crippen LogP contribution in [0.15, 0.2) is 66.7 Å². The molecule has 2 saturated heterocycles. The first-order chi connectivity index (χ1) is 30.1. The van der Waals surface area contributed by atoms with Crippen molar-refractivity contribution in [2.24, 2.45) is 35.5 Å². The molecule has 0 spiro atoms. The molecule has 0 radical (unpaired) electrons. The summed E-state index contributed by atoms with van der Waals surface area (Å²) >= 11 is 12.5. The van der Waals surface area contributed by atoms with Gasteiger partial charge in [-0.3, -0.25) is 14.4 Å². The molecule has 3 aromatic carbocycles. The van der Waals surface area contributed by atoms with E-state index >= 15 is 0 Å². The number of hydrogen-bond acceptors (Lipinski definition) is 7. The van der Waals surface area contributed by atoms with E-state index in [9.17, 15) is 32.7 Å². The number of hydrogen-bond donors (Lipinski definition) is 2. The van der Waals surface area contributed by atoms with Crippen molar-refractivity contribution in [3.05, 3.63) is 93.5 Å². The van der Waals surface area contributed by atoms with Gasteiger partial charge < -0.3 is 34.6 Å². The summed E-state index contributed by atoms with van der Waals surface area (Å²) in [5, 5.41) is 14.8. The number of ether oxygens (including phenoxy) is 2. The van der Waals surface area contributed by atoms with Gasteiger partial charge in [-0.25, -0.2) is 0 Å². The Morgan fingerprint density at radius 2 is 1.14 bits per heavy atom. The van der Waals surface area contributed by atoms with Crippen molar-refractivity contribution >= 4 is 53.3 Å². The monoisotopic (exact) mass is 970 g/mol. The van der Waals surface area contributed by atoms with Crippen LogP contribution in [-0.4, -0.2) is 111 Å². The molecule has 2 aliphatic rings. The van der Waals surface area contributed by atoms with Gasteiger partial charge in [0.1, 0.15) is 11.5 Å². The molecule has 0 aliphatic carbocycles. The summed E-state index contributed by atoms with van der Waals surface area (Å²) in [5.74, 6) is 2.41. The molecule has 2 heterocycles. The molecule has 362 valence electrons. The van der Waals surface area contributed by atoms with Crippen LogP contribution >= 0.6 is 35.6 Å². The molecule has 16 heteroatoms. The Morgan fingerprint density at radius 1 is 0.723 bits per heavy atom. The maximum Gasteiger partial charge on any atom is 0.430 e. The lowest BCUT2D eigenvalue weighted by atomic mass is 9.80. The Bertz CT molecular complexity index is 1980. The van der Waals surface area contributed by atoms with Crippen molar-refractivity contribution in [1.29, 1.82) is 0 Å². The Kier molecular flexibility index (Phi) is 21.7. The third kappa shape index (κ3) is 15.4. The van der Waals surface area contributed by atoms with E-state index in [2.05, 4.69) is 33.0 Å². The predicted octanol–water partition coefficient (Wildman–Crippen LogP) is 10.3. The van der Waals surface area contributed by atoms with Gasteiger partial charge >= 0.3 is 6.18 Å². The number of carbonyl (C=O) groups is 3. The van der Waals surface area contributed by atoms with E-state index in [-0.39, 0.29) is 55.1 Å². The molecular weight excluding hydrogens is 904 g/mol. The van der Waals surface area contributed by atoms with Gasteiger partial charge in [-0.15, -0.1) is 12.4 Å². The van der Waals surface area contributed by atoms with Crippen LogP contribution in [0.5, 0.6) is 11.5 Å². The Balaban J connectivity index is 0.000000373. The summed E-state index contributed by atoms with van der Waals surface area (Å²) in [5.41, 5.74) is -3.14. The topological polar surface area (TPSA) is 112 Å². The number of likely N-dealkylation sites (tertiary alicyclic amines) is 1. The highest BCUT2D eigenvalue weighted by atomic mass is 35.5. The molecule has 5 atom stereocenters. The number of halogens is 6. The lowest BCUT2D eigenvalue weighted by Crippen LogP contribution is -2.57. The maximum atomic E-state index is 13.9. The minimum absolute atomic E-state index is 0. The van der Waals surface area contributed by atoms with Gasteiger partial charge in [-0.05, 0) is 124 Å². The highest BCUT2D eigenvalue weighted by Gasteiger charge is 2.62. The summed E-state index contributed by atoms with van der Waals surface area (Å²) in [6.45, 7) is 12.5. The average molecular weight is 972 g/mol. The maximum absolute atomic E-state index is 13.9. The summed E-state index contributed by atoms with van der Waals surface area (Å²) in [6.07, 6.45) is 0.547. The lowest BCUT2D eigenvalue weighted by Gasteiger charge is -2.40. The number of benzene rings is 3. The highest BCUT2D eigenvalue weighted by Crippen LogP contribution is 2.42. The third-order valence-electron chi connectivity index (χ3n) is 12.5. The molecule has 0 bridgehead atoms. The number of piperidine rings is 2. The molecule has 65 heavy (non-hydrogen) atoms. The van der Waals surface area contributed by atoms with Crippen LogP contribution in [0.25, 0.3) is 0 Å². The minimum atomic E-state index is -5.14. The summed E-state index contributed by atoms with van der Waals surface area (Å²) in [7, 11) is 6.74. The molecule has 2 aliphatic heterocycles. The molecule has 3 aromatic rings. The molecule has 2 N–H and O–H groups in total.